The zero-order valence-corrected chi connectivity index (χ0v) is 10.3. The van der Waals surface area contributed by atoms with Gasteiger partial charge in [-0.2, -0.15) is 0 Å². The molecule has 15 heavy (non-hydrogen) atoms. The van der Waals surface area contributed by atoms with E-state index in [1.165, 1.54) is 5.56 Å². The van der Waals surface area contributed by atoms with Crippen molar-refractivity contribution in [1.29, 1.82) is 0 Å². The van der Waals surface area contributed by atoms with Gasteiger partial charge in [-0.3, -0.25) is 0 Å². The normalized spacial score (nSPS) is 11.3. The van der Waals surface area contributed by atoms with Gasteiger partial charge in [-0.05, 0) is 29.5 Å². The van der Waals surface area contributed by atoms with E-state index < -0.39 is 0 Å². The van der Waals surface area contributed by atoms with Crippen LogP contribution in [0.15, 0.2) is 18.2 Å². The molecule has 0 spiro atoms. The van der Waals surface area contributed by atoms with E-state index in [-0.39, 0.29) is 5.41 Å². The topological polar surface area (TPSA) is 18.5 Å². The molecule has 0 unspecified atom stereocenters. The molecule has 0 heterocycles. The largest absolute Gasteiger partial charge is 0.497 e. The van der Waals surface area contributed by atoms with Gasteiger partial charge in [0.25, 0.3) is 0 Å². The molecule has 0 saturated carbocycles. The SMILES string of the molecule is CCC(C)(C)c1cc(OC)cc(OC)c1. The number of hydrogen-bond donors (Lipinski definition) is 0. The molecule has 0 aliphatic rings. The summed E-state index contributed by atoms with van der Waals surface area (Å²) in [7, 11) is 3.36. The van der Waals surface area contributed by atoms with Gasteiger partial charge in [0.2, 0.25) is 0 Å². The Morgan fingerprint density at radius 1 is 1.00 bits per heavy atom. The van der Waals surface area contributed by atoms with Crippen LogP contribution in [0.25, 0.3) is 0 Å². The first-order chi connectivity index (χ1) is 7.03. The molecule has 2 heteroatoms. The van der Waals surface area contributed by atoms with E-state index in [0.29, 0.717) is 0 Å². The van der Waals surface area contributed by atoms with Crippen LogP contribution in [-0.4, -0.2) is 14.2 Å². The maximum atomic E-state index is 5.26. The molecule has 2 nitrogen and oxygen atoms in total. The van der Waals surface area contributed by atoms with Crippen molar-refractivity contribution in [3.05, 3.63) is 23.8 Å². The third kappa shape index (κ3) is 2.65. The average molecular weight is 208 g/mol. The summed E-state index contributed by atoms with van der Waals surface area (Å²) in [5, 5.41) is 0. The van der Waals surface area contributed by atoms with Crippen molar-refractivity contribution < 1.29 is 9.47 Å². The molecular formula is C13H20O2. The zero-order valence-electron chi connectivity index (χ0n) is 10.3. The van der Waals surface area contributed by atoms with Crippen LogP contribution in [0.2, 0.25) is 0 Å². The number of methoxy groups -OCH3 is 2. The Balaban J connectivity index is 3.18. The van der Waals surface area contributed by atoms with Crippen molar-refractivity contribution >= 4 is 0 Å². The van der Waals surface area contributed by atoms with Gasteiger partial charge in [-0.25, -0.2) is 0 Å². The van der Waals surface area contributed by atoms with Crippen LogP contribution in [0.4, 0.5) is 0 Å². The summed E-state index contributed by atoms with van der Waals surface area (Å²) in [5.41, 5.74) is 1.41. The summed E-state index contributed by atoms with van der Waals surface area (Å²) in [6, 6.07) is 6.05. The van der Waals surface area contributed by atoms with E-state index in [1.54, 1.807) is 14.2 Å². The zero-order chi connectivity index (χ0) is 11.5. The van der Waals surface area contributed by atoms with Crippen molar-refractivity contribution in [2.24, 2.45) is 0 Å². The fourth-order valence-electron chi connectivity index (χ4n) is 1.40. The van der Waals surface area contributed by atoms with Crippen LogP contribution >= 0.6 is 0 Å². The monoisotopic (exact) mass is 208 g/mol. The second-order valence-electron chi connectivity index (χ2n) is 4.34. The number of benzene rings is 1. The lowest BCUT2D eigenvalue weighted by Crippen LogP contribution is -2.15. The Morgan fingerprint density at radius 3 is 1.80 bits per heavy atom. The van der Waals surface area contributed by atoms with Crippen molar-refractivity contribution in [2.45, 2.75) is 32.6 Å². The predicted octanol–water partition coefficient (Wildman–Crippen LogP) is 3.39. The molecule has 84 valence electrons. The predicted molar refractivity (Wildman–Crippen MR) is 62.9 cm³/mol. The van der Waals surface area contributed by atoms with Crippen LogP contribution in [0, 0.1) is 0 Å². The lowest BCUT2D eigenvalue weighted by Gasteiger charge is -2.24. The Bertz CT molecular complexity index is 307. The van der Waals surface area contributed by atoms with E-state index in [9.17, 15) is 0 Å². The lowest BCUT2D eigenvalue weighted by atomic mass is 9.82. The molecule has 1 aromatic rings. The van der Waals surface area contributed by atoms with Crippen LogP contribution in [0.5, 0.6) is 11.5 Å². The Morgan fingerprint density at radius 2 is 1.47 bits per heavy atom. The highest BCUT2D eigenvalue weighted by Crippen LogP contribution is 2.32. The summed E-state index contributed by atoms with van der Waals surface area (Å²) < 4.78 is 10.5. The first kappa shape index (κ1) is 11.9. The fraction of sp³-hybridized carbons (Fsp3) is 0.538. The molecule has 0 N–H and O–H groups in total. The molecule has 0 aliphatic heterocycles. The second-order valence-corrected chi connectivity index (χ2v) is 4.34. The van der Waals surface area contributed by atoms with Gasteiger partial charge in [-0.1, -0.05) is 20.8 Å². The highest BCUT2D eigenvalue weighted by Gasteiger charge is 2.19. The maximum absolute atomic E-state index is 5.26. The molecule has 0 saturated heterocycles. The molecule has 0 aromatic heterocycles. The van der Waals surface area contributed by atoms with Gasteiger partial charge in [-0.15, -0.1) is 0 Å². The number of hydrogen-bond acceptors (Lipinski definition) is 2. The van der Waals surface area contributed by atoms with Crippen molar-refractivity contribution in [3.63, 3.8) is 0 Å². The van der Waals surface area contributed by atoms with Gasteiger partial charge in [0.05, 0.1) is 14.2 Å². The average Bonchev–Trinajstić information content (AvgIpc) is 2.28. The summed E-state index contributed by atoms with van der Waals surface area (Å²) in [4.78, 5) is 0. The third-order valence-corrected chi connectivity index (χ3v) is 3.02. The van der Waals surface area contributed by atoms with E-state index in [0.717, 1.165) is 17.9 Å². The second kappa shape index (κ2) is 4.56. The van der Waals surface area contributed by atoms with E-state index in [4.69, 9.17) is 9.47 Å². The molecular weight excluding hydrogens is 188 g/mol. The van der Waals surface area contributed by atoms with E-state index in [2.05, 4.69) is 32.9 Å². The van der Waals surface area contributed by atoms with E-state index >= 15 is 0 Å². The van der Waals surface area contributed by atoms with Gasteiger partial charge in [0, 0.05) is 6.07 Å². The van der Waals surface area contributed by atoms with Crippen molar-refractivity contribution in [3.8, 4) is 11.5 Å². The van der Waals surface area contributed by atoms with Crippen LogP contribution in [-0.2, 0) is 5.41 Å². The molecule has 0 radical (unpaired) electrons. The third-order valence-electron chi connectivity index (χ3n) is 3.02. The summed E-state index contributed by atoms with van der Waals surface area (Å²) in [6.45, 7) is 6.63. The molecule has 0 fully saturated rings. The van der Waals surface area contributed by atoms with Gasteiger partial charge in [0.1, 0.15) is 11.5 Å². The first-order valence-corrected chi connectivity index (χ1v) is 5.27. The summed E-state index contributed by atoms with van der Waals surface area (Å²) in [6.07, 6.45) is 1.09. The first-order valence-electron chi connectivity index (χ1n) is 5.27. The van der Waals surface area contributed by atoms with Crippen molar-refractivity contribution in [2.75, 3.05) is 14.2 Å². The quantitative estimate of drug-likeness (QED) is 0.755. The minimum absolute atomic E-state index is 0.155. The van der Waals surface area contributed by atoms with Gasteiger partial charge in [0.15, 0.2) is 0 Å². The minimum Gasteiger partial charge on any atom is -0.497 e. The van der Waals surface area contributed by atoms with Gasteiger partial charge < -0.3 is 9.47 Å². The van der Waals surface area contributed by atoms with E-state index in [1.807, 2.05) is 6.07 Å². The number of rotatable bonds is 4. The summed E-state index contributed by atoms with van der Waals surface area (Å²) in [5.74, 6) is 1.71. The van der Waals surface area contributed by atoms with Crippen LogP contribution < -0.4 is 9.47 Å². The molecule has 1 aromatic carbocycles. The highest BCUT2D eigenvalue weighted by molar-refractivity contribution is 5.41. The molecule has 0 bridgehead atoms. The molecule has 0 amide bonds. The Labute approximate surface area is 92.2 Å². The molecule has 0 atom stereocenters. The fourth-order valence-corrected chi connectivity index (χ4v) is 1.40. The standard InChI is InChI=1S/C13H20O2/c1-6-13(2,3)10-7-11(14-4)9-12(8-10)15-5/h7-9H,6H2,1-5H3. The highest BCUT2D eigenvalue weighted by atomic mass is 16.5. The summed E-state index contributed by atoms with van der Waals surface area (Å²) >= 11 is 0. The molecule has 1 rings (SSSR count). The van der Waals surface area contributed by atoms with Crippen molar-refractivity contribution in [1.82, 2.24) is 0 Å². The Hall–Kier alpha value is -1.18. The van der Waals surface area contributed by atoms with Crippen LogP contribution in [0.3, 0.4) is 0 Å². The van der Waals surface area contributed by atoms with Gasteiger partial charge >= 0.3 is 0 Å². The lowest BCUT2D eigenvalue weighted by molar-refractivity contribution is 0.389. The molecule has 0 aliphatic carbocycles. The Kier molecular flexibility index (Phi) is 3.61. The minimum atomic E-state index is 0.155. The number of ether oxygens (including phenoxy) is 2. The smallest absolute Gasteiger partial charge is 0.122 e. The van der Waals surface area contributed by atoms with Crippen LogP contribution in [0.1, 0.15) is 32.8 Å². The maximum Gasteiger partial charge on any atom is 0.122 e.